The molecule has 0 aliphatic rings. The van der Waals surface area contributed by atoms with Gasteiger partial charge < -0.3 is 10.1 Å². The van der Waals surface area contributed by atoms with Gasteiger partial charge in [-0.05, 0) is 12.8 Å². The van der Waals surface area contributed by atoms with Crippen LogP contribution in [-0.4, -0.2) is 35.5 Å². The largest absolute Gasteiger partial charge is 0.480 e. The van der Waals surface area contributed by atoms with E-state index in [1.807, 2.05) is 0 Å². The number of carbonyl (C=O) groups is 1. The molecule has 1 heterocycles. The van der Waals surface area contributed by atoms with E-state index in [1.54, 1.807) is 20.8 Å². The number of nitrogens with one attached hydrogen (secondary N) is 2. The zero-order valence-corrected chi connectivity index (χ0v) is 10.6. The molecule has 3 N–H and O–H groups in total. The second-order valence-corrected chi connectivity index (χ2v) is 5.70. The Hall–Kier alpha value is -1.41. The number of H-pyrrole nitrogens is 1. The van der Waals surface area contributed by atoms with Crippen LogP contribution in [-0.2, 0) is 14.8 Å². The molecule has 8 heteroatoms. The standard InChI is InChI=1S/C9H15N3O4S/c1-5(2)8(9(13)14)12-17(15,16)7-4-10-6(3)11-7/h4-5,8,12H,1-3H3,(H,10,11)(H,13,14)/t8-/m0/s1. The fraction of sp³-hybridized carbons (Fsp3) is 0.556. The number of nitrogens with zero attached hydrogens (tertiary/aromatic N) is 1. The third kappa shape index (κ3) is 3.27. The summed E-state index contributed by atoms with van der Waals surface area (Å²) in [5.41, 5.74) is 0. The SMILES string of the molecule is Cc1ncc(S(=O)(=O)N[C@H](C(=O)O)C(C)C)[nH]1. The number of hydrogen-bond acceptors (Lipinski definition) is 4. The molecule has 0 fully saturated rings. The second kappa shape index (κ2) is 4.84. The number of aromatic nitrogens is 2. The van der Waals surface area contributed by atoms with E-state index < -0.39 is 22.0 Å². The van der Waals surface area contributed by atoms with E-state index >= 15 is 0 Å². The Morgan fingerprint density at radius 1 is 1.53 bits per heavy atom. The van der Waals surface area contributed by atoms with Gasteiger partial charge in [0.25, 0.3) is 10.0 Å². The first-order chi connectivity index (χ1) is 7.74. The number of hydrogen-bond donors (Lipinski definition) is 3. The van der Waals surface area contributed by atoms with Gasteiger partial charge >= 0.3 is 5.97 Å². The Kier molecular flexibility index (Phi) is 3.89. The lowest BCUT2D eigenvalue weighted by atomic mass is 10.1. The molecule has 0 aliphatic carbocycles. The highest BCUT2D eigenvalue weighted by molar-refractivity contribution is 7.89. The van der Waals surface area contributed by atoms with E-state index in [1.165, 1.54) is 0 Å². The zero-order valence-electron chi connectivity index (χ0n) is 9.76. The Labute approximate surface area is 99.3 Å². The van der Waals surface area contributed by atoms with Gasteiger partial charge in [0.15, 0.2) is 5.03 Å². The maximum atomic E-state index is 11.8. The van der Waals surface area contributed by atoms with Crippen LogP contribution >= 0.6 is 0 Å². The molecule has 0 amide bonds. The highest BCUT2D eigenvalue weighted by atomic mass is 32.2. The average Bonchev–Trinajstić information content (AvgIpc) is 2.61. The number of imidazole rings is 1. The van der Waals surface area contributed by atoms with Crippen LogP contribution in [0.1, 0.15) is 19.7 Å². The molecule has 17 heavy (non-hydrogen) atoms. The number of rotatable bonds is 5. The van der Waals surface area contributed by atoms with Gasteiger partial charge in [-0.25, -0.2) is 13.4 Å². The summed E-state index contributed by atoms with van der Waals surface area (Å²) in [6, 6.07) is -1.16. The third-order valence-electron chi connectivity index (χ3n) is 2.18. The first-order valence-corrected chi connectivity index (χ1v) is 6.49. The van der Waals surface area contributed by atoms with Crippen molar-refractivity contribution < 1.29 is 18.3 Å². The molecule has 96 valence electrons. The molecule has 1 aromatic rings. The molecule has 0 saturated heterocycles. The molecule has 0 spiro atoms. The van der Waals surface area contributed by atoms with Gasteiger partial charge in [0.1, 0.15) is 11.9 Å². The number of aliphatic carboxylic acids is 1. The molecule has 0 aromatic carbocycles. The number of carboxylic acids is 1. The topological polar surface area (TPSA) is 112 Å². The average molecular weight is 261 g/mol. The molecular weight excluding hydrogens is 246 g/mol. The Morgan fingerprint density at radius 3 is 2.47 bits per heavy atom. The Balaban J connectivity index is 2.97. The Morgan fingerprint density at radius 2 is 2.12 bits per heavy atom. The van der Waals surface area contributed by atoms with E-state index in [4.69, 9.17) is 5.11 Å². The summed E-state index contributed by atoms with van der Waals surface area (Å²) in [6.45, 7) is 4.86. The minimum Gasteiger partial charge on any atom is -0.480 e. The number of aromatic amines is 1. The van der Waals surface area contributed by atoms with Gasteiger partial charge in [-0.2, -0.15) is 4.72 Å². The van der Waals surface area contributed by atoms with E-state index in [0.29, 0.717) is 5.82 Å². The first-order valence-electron chi connectivity index (χ1n) is 5.01. The van der Waals surface area contributed by atoms with Crippen LogP contribution < -0.4 is 4.72 Å². The van der Waals surface area contributed by atoms with Crippen LogP contribution in [0.4, 0.5) is 0 Å². The number of aryl methyl sites for hydroxylation is 1. The predicted octanol–water partition coefficient (Wildman–Crippen LogP) is 0.106. The van der Waals surface area contributed by atoms with Crippen LogP contribution in [0.25, 0.3) is 0 Å². The molecule has 1 rings (SSSR count). The van der Waals surface area contributed by atoms with Crippen LogP contribution in [0.5, 0.6) is 0 Å². The molecule has 7 nitrogen and oxygen atoms in total. The zero-order chi connectivity index (χ0) is 13.2. The summed E-state index contributed by atoms with van der Waals surface area (Å²) in [7, 11) is -3.88. The maximum absolute atomic E-state index is 11.8. The molecular formula is C9H15N3O4S. The molecule has 0 saturated carbocycles. The normalized spacial score (nSPS) is 13.9. The van der Waals surface area contributed by atoms with Crippen molar-refractivity contribution in [3.63, 3.8) is 0 Å². The summed E-state index contributed by atoms with van der Waals surface area (Å²) in [5.74, 6) is -1.12. The molecule has 0 bridgehead atoms. The summed E-state index contributed by atoms with van der Waals surface area (Å²) < 4.78 is 25.8. The molecule has 0 unspecified atom stereocenters. The van der Waals surface area contributed by atoms with E-state index in [-0.39, 0.29) is 10.9 Å². The van der Waals surface area contributed by atoms with Crippen LogP contribution in [0.2, 0.25) is 0 Å². The van der Waals surface area contributed by atoms with Crippen LogP contribution in [0.15, 0.2) is 11.2 Å². The number of sulfonamides is 1. The van der Waals surface area contributed by atoms with Crippen molar-refractivity contribution in [2.24, 2.45) is 5.92 Å². The summed E-state index contributed by atoms with van der Waals surface area (Å²) in [6.07, 6.45) is 1.15. The van der Waals surface area contributed by atoms with Gasteiger partial charge in [-0.3, -0.25) is 4.79 Å². The lowest BCUT2D eigenvalue weighted by Crippen LogP contribution is -2.44. The molecule has 0 radical (unpaired) electrons. The van der Waals surface area contributed by atoms with E-state index in [9.17, 15) is 13.2 Å². The van der Waals surface area contributed by atoms with E-state index in [2.05, 4.69) is 14.7 Å². The van der Waals surface area contributed by atoms with Crippen molar-refractivity contribution in [1.82, 2.24) is 14.7 Å². The lowest BCUT2D eigenvalue weighted by Gasteiger charge is -2.17. The maximum Gasteiger partial charge on any atom is 0.322 e. The molecule has 0 aliphatic heterocycles. The lowest BCUT2D eigenvalue weighted by molar-refractivity contribution is -0.140. The highest BCUT2D eigenvalue weighted by Gasteiger charge is 2.28. The summed E-state index contributed by atoms with van der Waals surface area (Å²) in [5, 5.41) is 8.77. The van der Waals surface area contributed by atoms with Crippen LogP contribution in [0, 0.1) is 12.8 Å². The summed E-state index contributed by atoms with van der Waals surface area (Å²) in [4.78, 5) is 17.2. The van der Waals surface area contributed by atoms with Crippen molar-refractivity contribution in [2.45, 2.75) is 31.8 Å². The Bertz CT molecular complexity index is 506. The fourth-order valence-corrected chi connectivity index (χ4v) is 2.54. The monoisotopic (exact) mass is 261 g/mol. The van der Waals surface area contributed by atoms with Crippen molar-refractivity contribution in [2.75, 3.05) is 0 Å². The molecule has 1 atom stereocenters. The van der Waals surface area contributed by atoms with Crippen LogP contribution in [0.3, 0.4) is 0 Å². The second-order valence-electron chi connectivity index (χ2n) is 4.01. The van der Waals surface area contributed by atoms with Gasteiger partial charge in [-0.15, -0.1) is 0 Å². The first kappa shape index (κ1) is 13.7. The van der Waals surface area contributed by atoms with E-state index in [0.717, 1.165) is 6.20 Å². The van der Waals surface area contributed by atoms with Gasteiger partial charge in [0.05, 0.1) is 6.20 Å². The smallest absolute Gasteiger partial charge is 0.322 e. The predicted molar refractivity (Wildman–Crippen MR) is 59.9 cm³/mol. The van der Waals surface area contributed by atoms with Gasteiger partial charge in [0, 0.05) is 0 Å². The molecule has 1 aromatic heterocycles. The van der Waals surface area contributed by atoms with Crippen molar-refractivity contribution in [3.05, 3.63) is 12.0 Å². The van der Waals surface area contributed by atoms with Gasteiger partial charge in [-0.1, -0.05) is 13.8 Å². The highest BCUT2D eigenvalue weighted by Crippen LogP contribution is 2.09. The number of carboxylic acid groups (broad SMARTS) is 1. The van der Waals surface area contributed by atoms with Crippen molar-refractivity contribution >= 4 is 16.0 Å². The van der Waals surface area contributed by atoms with Gasteiger partial charge in [0.2, 0.25) is 0 Å². The summed E-state index contributed by atoms with van der Waals surface area (Å²) >= 11 is 0. The van der Waals surface area contributed by atoms with Crippen molar-refractivity contribution in [3.8, 4) is 0 Å². The minimum absolute atomic E-state index is 0.137. The minimum atomic E-state index is -3.88. The quantitative estimate of drug-likeness (QED) is 0.696. The third-order valence-corrected chi connectivity index (χ3v) is 3.53. The van der Waals surface area contributed by atoms with Crippen molar-refractivity contribution in [1.29, 1.82) is 0 Å². The fourth-order valence-electron chi connectivity index (χ4n) is 1.24.